The van der Waals surface area contributed by atoms with Crippen LogP contribution in [0.1, 0.15) is 39.5 Å². The standard InChI is InChI=1S/C12H25N3O/c1-10(2)9-15(7-5-11-3-4-11)8-6-12(13)14-16/h10-11,16H,3-9H2,1-2H3,(H2,13,14). The average molecular weight is 227 g/mol. The second-order valence-corrected chi connectivity index (χ2v) is 5.27. The lowest BCUT2D eigenvalue weighted by Gasteiger charge is -2.23. The highest BCUT2D eigenvalue weighted by molar-refractivity contribution is 5.79. The van der Waals surface area contributed by atoms with Crippen molar-refractivity contribution < 1.29 is 5.21 Å². The van der Waals surface area contributed by atoms with Crippen molar-refractivity contribution in [3.05, 3.63) is 0 Å². The summed E-state index contributed by atoms with van der Waals surface area (Å²) in [5.74, 6) is 1.98. The van der Waals surface area contributed by atoms with Gasteiger partial charge in [0.15, 0.2) is 0 Å². The van der Waals surface area contributed by atoms with Crippen LogP contribution in [0.5, 0.6) is 0 Å². The summed E-state index contributed by atoms with van der Waals surface area (Å²) in [7, 11) is 0. The van der Waals surface area contributed by atoms with Crippen molar-refractivity contribution in [2.24, 2.45) is 22.7 Å². The highest BCUT2D eigenvalue weighted by Crippen LogP contribution is 2.32. The van der Waals surface area contributed by atoms with E-state index in [0.717, 1.165) is 25.6 Å². The lowest BCUT2D eigenvalue weighted by atomic mass is 10.2. The minimum atomic E-state index is 0.333. The monoisotopic (exact) mass is 227 g/mol. The first-order valence-electron chi connectivity index (χ1n) is 6.30. The Morgan fingerprint density at radius 3 is 2.62 bits per heavy atom. The average Bonchev–Trinajstić information content (AvgIpc) is 3.04. The van der Waals surface area contributed by atoms with Crippen LogP contribution in [-0.4, -0.2) is 35.6 Å². The summed E-state index contributed by atoms with van der Waals surface area (Å²) in [5, 5.41) is 11.5. The van der Waals surface area contributed by atoms with Gasteiger partial charge in [-0.05, 0) is 24.8 Å². The van der Waals surface area contributed by atoms with Gasteiger partial charge in [-0.1, -0.05) is 31.8 Å². The van der Waals surface area contributed by atoms with Crippen LogP contribution < -0.4 is 5.73 Å². The zero-order chi connectivity index (χ0) is 12.0. The van der Waals surface area contributed by atoms with Crippen molar-refractivity contribution in [1.29, 1.82) is 0 Å². The number of hydrogen-bond acceptors (Lipinski definition) is 3. The van der Waals surface area contributed by atoms with E-state index in [9.17, 15) is 0 Å². The summed E-state index contributed by atoms with van der Waals surface area (Å²) in [4.78, 5) is 2.43. The molecule has 1 rings (SSSR count). The largest absolute Gasteiger partial charge is 0.409 e. The van der Waals surface area contributed by atoms with E-state index in [2.05, 4.69) is 23.9 Å². The Kier molecular flexibility index (Phi) is 5.60. The van der Waals surface area contributed by atoms with Gasteiger partial charge in [-0.15, -0.1) is 0 Å². The van der Waals surface area contributed by atoms with Gasteiger partial charge in [0.1, 0.15) is 5.84 Å². The first kappa shape index (κ1) is 13.3. The van der Waals surface area contributed by atoms with Gasteiger partial charge in [0.2, 0.25) is 0 Å². The Hall–Kier alpha value is -0.770. The zero-order valence-electron chi connectivity index (χ0n) is 10.5. The second kappa shape index (κ2) is 6.74. The molecule has 16 heavy (non-hydrogen) atoms. The number of hydrogen-bond donors (Lipinski definition) is 2. The highest BCUT2D eigenvalue weighted by Gasteiger charge is 2.21. The molecule has 0 aliphatic heterocycles. The number of amidine groups is 1. The number of nitrogens with zero attached hydrogens (tertiary/aromatic N) is 2. The molecule has 0 aromatic carbocycles. The third-order valence-corrected chi connectivity index (χ3v) is 2.99. The van der Waals surface area contributed by atoms with Gasteiger partial charge in [0.05, 0.1) is 0 Å². The summed E-state index contributed by atoms with van der Waals surface area (Å²) in [6.07, 6.45) is 4.79. The molecule has 94 valence electrons. The van der Waals surface area contributed by atoms with Crippen molar-refractivity contribution >= 4 is 5.84 Å². The molecule has 0 unspecified atom stereocenters. The van der Waals surface area contributed by atoms with Crippen LogP contribution >= 0.6 is 0 Å². The SMILES string of the molecule is CC(C)CN(CCC(N)=NO)CCC1CC1. The van der Waals surface area contributed by atoms with Crippen molar-refractivity contribution in [3.63, 3.8) is 0 Å². The van der Waals surface area contributed by atoms with E-state index in [4.69, 9.17) is 10.9 Å². The molecule has 0 radical (unpaired) electrons. The van der Waals surface area contributed by atoms with E-state index >= 15 is 0 Å². The fourth-order valence-electron chi connectivity index (χ4n) is 1.91. The smallest absolute Gasteiger partial charge is 0.140 e. The number of rotatable bonds is 8. The zero-order valence-corrected chi connectivity index (χ0v) is 10.5. The molecule has 0 bridgehead atoms. The fourth-order valence-corrected chi connectivity index (χ4v) is 1.91. The van der Waals surface area contributed by atoms with Crippen LogP contribution in [-0.2, 0) is 0 Å². The van der Waals surface area contributed by atoms with E-state index < -0.39 is 0 Å². The van der Waals surface area contributed by atoms with E-state index in [1.165, 1.54) is 19.3 Å². The van der Waals surface area contributed by atoms with E-state index in [0.29, 0.717) is 18.2 Å². The Bertz CT molecular complexity index is 224. The Morgan fingerprint density at radius 2 is 2.12 bits per heavy atom. The minimum Gasteiger partial charge on any atom is -0.409 e. The highest BCUT2D eigenvalue weighted by atomic mass is 16.4. The molecule has 1 aliphatic rings. The predicted octanol–water partition coefficient (Wildman–Crippen LogP) is 1.88. The van der Waals surface area contributed by atoms with Crippen LogP contribution in [0.4, 0.5) is 0 Å². The summed E-state index contributed by atoms with van der Waals surface area (Å²) in [5.41, 5.74) is 5.49. The summed E-state index contributed by atoms with van der Waals surface area (Å²) in [6.45, 7) is 7.62. The van der Waals surface area contributed by atoms with Crippen molar-refractivity contribution in [3.8, 4) is 0 Å². The van der Waals surface area contributed by atoms with E-state index in [-0.39, 0.29) is 0 Å². The van der Waals surface area contributed by atoms with Crippen molar-refractivity contribution in [1.82, 2.24) is 4.90 Å². The molecule has 3 N–H and O–H groups in total. The normalized spacial score (nSPS) is 17.4. The summed E-state index contributed by atoms with van der Waals surface area (Å²) in [6, 6.07) is 0. The van der Waals surface area contributed by atoms with Gasteiger partial charge in [0, 0.05) is 19.5 Å². The number of oxime groups is 1. The lowest BCUT2D eigenvalue weighted by Crippen LogP contribution is -2.32. The Balaban J connectivity index is 2.23. The number of nitrogens with two attached hydrogens (primary N) is 1. The maximum Gasteiger partial charge on any atom is 0.140 e. The topological polar surface area (TPSA) is 61.8 Å². The quantitative estimate of drug-likeness (QED) is 0.288. The van der Waals surface area contributed by atoms with Gasteiger partial charge in [-0.2, -0.15) is 0 Å². The fraction of sp³-hybridized carbons (Fsp3) is 0.917. The van der Waals surface area contributed by atoms with E-state index in [1.54, 1.807) is 0 Å². The molecular formula is C12H25N3O. The van der Waals surface area contributed by atoms with Crippen LogP contribution in [0.3, 0.4) is 0 Å². The molecule has 0 spiro atoms. The molecule has 1 aliphatic carbocycles. The maximum atomic E-state index is 8.50. The first-order chi connectivity index (χ1) is 7.61. The van der Waals surface area contributed by atoms with Gasteiger partial charge >= 0.3 is 0 Å². The van der Waals surface area contributed by atoms with Gasteiger partial charge in [-0.25, -0.2) is 0 Å². The molecule has 4 nitrogen and oxygen atoms in total. The molecule has 1 fully saturated rings. The second-order valence-electron chi connectivity index (χ2n) is 5.27. The Morgan fingerprint density at radius 1 is 1.44 bits per heavy atom. The molecular weight excluding hydrogens is 202 g/mol. The molecule has 1 saturated carbocycles. The third kappa shape index (κ3) is 5.95. The first-order valence-corrected chi connectivity index (χ1v) is 6.30. The Labute approximate surface area is 98.5 Å². The predicted molar refractivity (Wildman–Crippen MR) is 66.6 cm³/mol. The molecule has 0 amide bonds. The van der Waals surface area contributed by atoms with Crippen molar-refractivity contribution in [2.45, 2.75) is 39.5 Å². The molecule has 0 heterocycles. The van der Waals surface area contributed by atoms with Crippen LogP contribution in [0.2, 0.25) is 0 Å². The van der Waals surface area contributed by atoms with E-state index in [1.807, 2.05) is 0 Å². The molecule has 0 aromatic heterocycles. The maximum absolute atomic E-state index is 8.50. The lowest BCUT2D eigenvalue weighted by molar-refractivity contribution is 0.242. The molecule has 4 heteroatoms. The summed E-state index contributed by atoms with van der Waals surface area (Å²) >= 11 is 0. The van der Waals surface area contributed by atoms with Crippen LogP contribution in [0.15, 0.2) is 5.16 Å². The van der Waals surface area contributed by atoms with Gasteiger partial charge in [-0.3, -0.25) is 0 Å². The van der Waals surface area contributed by atoms with Gasteiger partial charge in [0.25, 0.3) is 0 Å². The van der Waals surface area contributed by atoms with Crippen LogP contribution in [0, 0.1) is 11.8 Å². The third-order valence-electron chi connectivity index (χ3n) is 2.99. The molecule has 0 saturated heterocycles. The molecule has 0 aromatic rings. The van der Waals surface area contributed by atoms with Crippen molar-refractivity contribution in [2.75, 3.05) is 19.6 Å². The summed E-state index contributed by atoms with van der Waals surface area (Å²) < 4.78 is 0. The minimum absolute atomic E-state index is 0.333. The van der Waals surface area contributed by atoms with Gasteiger partial charge < -0.3 is 15.8 Å². The van der Waals surface area contributed by atoms with Crippen LogP contribution in [0.25, 0.3) is 0 Å². The molecule has 0 atom stereocenters.